The average molecular weight is 380 g/mol. The standard InChI is InChI=1S/C19H26ClN3O3/c1-25-15-11-12-16(21)14(20)10-13(17(12)26-15)18(24)22-7-6-19-4-2-8-23(19)9-3-5-19/h10,15H,2-9,11,21H2,1H3,(H,22,24). The van der Waals surface area contributed by atoms with E-state index in [1.165, 1.54) is 38.8 Å². The highest BCUT2D eigenvalue weighted by atomic mass is 35.5. The molecule has 1 aromatic carbocycles. The lowest BCUT2D eigenvalue weighted by Gasteiger charge is -2.32. The number of hydrogen-bond donors (Lipinski definition) is 2. The van der Waals surface area contributed by atoms with Gasteiger partial charge in [0.25, 0.3) is 5.91 Å². The second-order valence-electron chi connectivity index (χ2n) is 7.54. The van der Waals surface area contributed by atoms with Crippen molar-refractivity contribution in [3.63, 3.8) is 0 Å². The van der Waals surface area contributed by atoms with Gasteiger partial charge in [-0.05, 0) is 51.3 Å². The molecule has 1 atom stereocenters. The number of nitrogens with zero attached hydrogens (tertiary/aromatic N) is 1. The molecule has 7 heteroatoms. The minimum atomic E-state index is -0.429. The monoisotopic (exact) mass is 379 g/mol. The zero-order chi connectivity index (χ0) is 18.3. The fourth-order valence-corrected chi connectivity index (χ4v) is 5.04. The van der Waals surface area contributed by atoms with Gasteiger partial charge in [0.05, 0.1) is 16.3 Å². The number of benzene rings is 1. The maximum Gasteiger partial charge on any atom is 0.255 e. The van der Waals surface area contributed by atoms with Crippen LogP contribution in [0.2, 0.25) is 5.02 Å². The van der Waals surface area contributed by atoms with E-state index < -0.39 is 6.29 Å². The SMILES string of the molecule is COC1Cc2c(N)c(Cl)cc(C(=O)NCCC34CCCN3CCC4)c2O1. The Morgan fingerprint density at radius 1 is 1.46 bits per heavy atom. The van der Waals surface area contributed by atoms with Crippen molar-refractivity contribution in [2.45, 2.75) is 50.4 Å². The molecule has 0 radical (unpaired) electrons. The Labute approximate surface area is 158 Å². The van der Waals surface area contributed by atoms with Gasteiger partial charge in [0, 0.05) is 31.2 Å². The van der Waals surface area contributed by atoms with Crippen molar-refractivity contribution in [2.24, 2.45) is 0 Å². The molecule has 0 saturated carbocycles. The minimum absolute atomic E-state index is 0.168. The average Bonchev–Trinajstić information content (AvgIpc) is 3.31. The van der Waals surface area contributed by atoms with Crippen molar-refractivity contribution in [1.29, 1.82) is 0 Å². The van der Waals surface area contributed by atoms with Crippen molar-refractivity contribution in [3.05, 3.63) is 22.2 Å². The lowest BCUT2D eigenvalue weighted by molar-refractivity contribution is -0.0369. The van der Waals surface area contributed by atoms with E-state index in [0.717, 1.165) is 12.0 Å². The molecule has 26 heavy (non-hydrogen) atoms. The van der Waals surface area contributed by atoms with Crippen LogP contribution in [0.1, 0.15) is 48.0 Å². The highest BCUT2D eigenvalue weighted by molar-refractivity contribution is 6.33. The van der Waals surface area contributed by atoms with Gasteiger partial charge in [-0.2, -0.15) is 0 Å². The topological polar surface area (TPSA) is 76.8 Å². The lowest BCUT2D eigenvalue weighted by atomic mass is 9.90. The van der Waals surface area contributed by atoms with Crippen LogP contribution in [0.4, 0.5) is 5.69 Å². The first-order valence-corrected chi connectivity index (χ1v) is 9.75. The van der Waals surface area contributed by atoms with Gasteiger partial charge >= 0.3 is 0 Å². The first kappa shape index (κ1) is 17.9. The molecular formula is C19H26ClN3O3. The van der Waals surface area contributed by atoms with Gasteiger partial charge in [-0.1, -0.05) is 11.6 Å². The number of ether oxygens (including phenoxy) is 2. The minimum Gasteiger partial charge on any atom is -0.463 e. The van der Waals surface area contributed by atoms with E-state index in [1.807, 2.05) is 0 Å². The Morgan fingerprint density at radius 3 is 2.88 bits per heavy atom. The number of halogens is 1. The molecule has 3 aliphatic rings. The van der Waals surface area contributed by atoms with E-state index in [4.69, 9.17) is 26.8 Å². The summed E-state index contributed by atoms with van der Waals surface area (Å²) in [5.41, 5.74) is 8.01. The number of nitrogens with one attached hydrogen (secondary N) is 1. The number of anilines is 1. The molecule has 1 aromatic rings. The zero-order valence-corrected chi connectivity index (χ0v) is 15.9. The molecular weight excluding hydrogens is 354 g/mol. The molecule has 142 valence electrons. The molecule has 0 bridgehead atoms. The normalized spacial score (nSPS) is 23.5. The summed E-state index contributed by atoms with van der Waals surface area (Å²) in [5, 5.41) is 3.44. The summed E-state index contributed by atoms with van der Waals surface area (Å²) in [6.07, 6.45) is 6.07. The van der Waals surface area contributed by atoms with Crippen LogP contribution >= 0.6 is 11.6 Å². The molecule has 1 unspecified atom stereocenters. The number of methoxy groups -OCH3 is 1. The van der Waals surface area contributed by atoms with Gasteiger partial charge in [0.2, 0.25) is 6.29 Å². The molecule has 0 spiro atoms. The van der Waals surface area contributed by atoms with Crippen LogP contribution in [0.5, 0.6) is 5.75 Å². The van der Waals surface area contributed by atoms with Gasteiger partial charge in [-0.3, -0.25) is 9.69 Å². The summed E-state index contributed by atoms with van der Waals surface area (Å²) in [6.45, 7) is 3.04. The fraction of sp³-hybridized carbons (Fsp3) is 0.632. The summed E-state index contributed by atoms with van der Waals surface area (Å²) >= 11 is 6.23. The first-order valence-electron chi connectivity index (χ1n) is 9.37. The van der Waals surface area contributed by atoms with Gasteiger partial charge in [0.1, 0.15) is 5.75 Å². The number of hydrogen-bond acceptors (Lipinski definition) is 5. The Hall–Kier alpha value is -1.50. The molecule has 3 N–H and O–H groups in total. The van der Waals surface area contributed by atoms with Crippen LogP contribution < -0.4 is 15.8 Å². The molecule has 0 aliphatic carbocycles. The smallest absolute Gasteiger partial charge is 0.255 e. The molecule has 0 aromatic heterocycles. The number of amides is 1. The number of nitrogens with two attached hydrogens (primary N) is 1. The third-order valence-electron chi connectivity index (χ3n) is 6.19. The Morgan fingerprint density at radius 2 is 2.19 bits per heavy atom. The second-order valence-corrected chi connectivity index (χ2v) is 7.95. The van der Waals surface area contributed by atoms with Crippen molar-refractivity contribution in [2.75, 3.05) is 32.5 Å². The third kappa shape index (κ3) is 2.94. The predicted molar refractivity (Wildman–Crippen MR) is 101 cm³/mol. The third-order valence-corrected chi connectivity index (χ3v) is 6.50. The van der Waals surface area contributed by atoms with Crippen molar-refractivity contribution in [3.8, 4) is 5.75 Å². The Bertz CT molecular complexity index is 714. The van der Waals surface area contributed by atoms with Crippen molar-refractivity contribution >= 4 is 23.2 Å². The number of rotatable bonds is 5. The van der Waals surface area contributed by atoms with Gasteiger partial charge in [-0.15, -0.1) is 0 Å². The summed E-state index contributed by atoms with van der Waals surface area (Å²) in [5.74, 6) is 0.330. The van der Waals surface area contributed by atoms with E-state index in [2.05, 4.69) is 10.2 Å². The van der Waals surface area contributed by atoms with Crippen LogP contribution in [-0.2, 0) is 11.2 Å². The maximum atomic E-state index is 12.8. The van der Waals surface area contributed by atoms with Gasteiger partial charge in [-0.25, -0.2) is 0 Å². The van der Waals surface area contributed by atoms with E-state index >= 15 is 0 Å². The quantitative estimate of drug-likeness (QED) is 0.769. The number of carbonyl (C=O) groups excluding carboxylic acids is 1. The fourth-order valence-electron chi connectivity index (χ4n) is 4.81. The van der Waals surface area contributed by atoms with E-state index in [9.17, 15) is 4.79 Å². The van der Waals surface area contributed by atoms with Crippen molar-refractivity contribution in [1.82, 2.24) is 10.2 Å². The Balaban J connectivity index is 1.46. The van der Waals surface area contributed by atoms with Crippen LogP contribution in [0.25, 0.3) is 0 Å². The Kier molecular flexibility index (Phi) is 4.75. The molecule has 1 amide bonds. The van der Waals surface area contributed by atoms with Crippen LogP contribution in [0.15, 0.2) is 6.07 Å². The molecule has 6 nitrogen and oxygen atoms in total. The van der Waals surface area contributed by atoms with Crippen LogP contribution in [0.3, 0.4) is 0 Å². The van der Waals surface area contributed by atoms with Crippen LogP contribution in [0, 0.1) is 0 Å². The molecule has 3 heterocycles. The lowest BCUT2D eigenvalue weighted by Crippen LogP contribution is -2.41. The molecule has 3 aliphatic heterocycles. The molecule has 2 saturated heterocycles. The first-order chi connectivity index (χ1) is 12.5. The van der Waals surface area contributed by atoms with Crippen LogP contribution in [-0.4, -0.2) is 49.4 Å². The number of nitrogen functional groups attached to an aromatic ring is 1. The summed E-state index contributed by atoms with van der Waals surface area (Å²) in [6, 6.07) is 1.60. The summed E-state index contributed by atoms with van der Waals surface area (Å²) in [7, 11) is 1.57. The summed E-state index contributed by atoms with van der Waals surface area (Å²) < 4.78 is 11.0. The van der Waals surface area contributed by atoms with E-state index in [1.54, 1.807) is 13.2 Å². The highest BCUT2D eigenvalue weighted by Gasteiger charge is 2.43. The zero-order valence-electron chi connectivity index (χ0n) is 15.1. The van der Waals surface area contributed by atoms with Gasteiger partial charge < -0.3 is 20.5 Å². The second kappa shape index (κ2) is 6.91. The van der Waals surface area contributed by atoms with E-state index in [0.29, 0.717) is 40.5 Å². The number of carbonyl (C=O) groups is 1. The molecule has 2 fully saturated rings. The maximum absolute atomic E-state index is 12.8. The molecule has 4 rings (SSSR count). The van der Waals surface area contributed by atoms with E-state index in [-0.39, 0.29) is 5.91 Å². The van der Waals surface area contributed by atoms with Crippen molar-refractivity contribution < 1.29 is 14.3 Å². The predicted octanol–water partition coefficient (Wildman–Crippen LogP) is 2.58. The largest absolute Gasteiger partial charge is 0.463 e. The van der Waals surface area contributed by atoms with Gasteiger partial charge in [0.15, 0.2) is 0 Å². The number of fused-ring (bicyclic) bond motifs is 2. The highest BCUT2D eigenvalue weighted by Crippen LogP contribution is 2.42. The summed E-state index contributed by atoms with van der Waals surface area (Å²) in [4.78, 5) is 15.4.